The lowest BCUT2D eigenvalue weighted by Crippen LogP contribution is -2.43. The maximum atomic E-state index is 4.30. The number of rotatable bonds is 3. The van der Waals surface area contributed by atoms with E-state index in [1.165, 1.54) is 5.56 Å². The molecule has 0 atom stereocenters. The third kappa shape index (κ3) is 3.05. The number of nitrogens with zero attached hydrogens (tertiary/aromatic N) is 3. The van der Waals surface area contributed by atoms with Crippen LogP contribution in [0.5, 0.6) is 0 Å². The van der Waals surface area contributed by atoms with Gasteiger partial charge in [0.15, 0.2) is 11.6 Å². The Kier molecular flexibility index (Phi) is 3.78. The fourth-order valence-electron chi connectivity index (χ4n) is 2.24. The molecule has 2 N–H and O–H groups in total. The van der Waals surface area contributed by atoms with Gasteiger partial charge < -0.3 is 15.5 Å². The van der Waals surface area contributed by atoms with Gasteiger partial charge in [0.1, 0.15) is 0 Å². The van der Waals surface area contributed by atoms with E-state index in [2.05, 4.69) is 44.8 Å². The number of aromatic nitrogens is 2. The maximum absolute atomic E-state index is 4.30. The first-order valence-electron chi connectivity index (χ1n) is 6.94. The highest BCUT2D eigenvalue weighted by Gasteiger charge is 2.11. The van der Waals surface area contributed by atoms with Gasteiger partial charge in [-0.05, 0) is 31.2 Å². The molecule has 0 amide bonds. The second kappa shape index (κ2) is 5.88. The summed E-state index contributed by atoms with van der Waals surface area (Å²) in [5.74, 6) is 1.72. The van der Waals surface area contributed by atoms with Crippen LogP contribution < -0.4 is 15.5 Å². The Hall–Kier alpha value is -2.14. The van der Waals surface area contributed by atoms with Gasteiger partial charge in [-0.25, -0.2) is 0 Å². The molecule has 0 aliphatic carbocycles. The van der Waals surface area contributed by atoms with E-state index in [1.54, 1.807) is 0 Å². The fraction of sp³-hybridized carbons (Fsp3) is 0.333. The minimum atomic E-state index is 0.771. The van der Waals surface area contributed by atoms with E-state index >= 15 is 0 Å². The molecular formula is C15H19N5. The normalized spacial score (nSPS) is 15.2. The van der Waals surface area contributed by atoms with Crippen molar-refractivity contribution in [3.63, 3.8) is 0 Å². The monoisotopic (exact) mass is 269 g/mol. The number of anilines is 3. The van der Waals surface area contributed by atoms with Crippen molar-refractivity contribution in [2.45, 2.75) is 6.92 Å². The highest BCUT2D eigenvalue weighted by molar-refractivity contribution is 5.57. The fourth-order valence-corrected chi connectivity index (χ4v) is 2.24. The molecule has 0 spiro atoms. The number of hydrogen-bond acceptors (Lipinski definition) is 5. The number of benzene rings is 1. The molecule has 1 aromatic carbocycles. The van der Waals surface area contributed by atoms with E-state index in [0.29, 0.717) is 0 Å². The van der Waals surface area contributed by atoms with Crippen LogP contribution in [0.1, 0.15) is 5.56 Å². The maximum Gasteiger partial charge on any atom is 0.153 e. The Morgan fingerprint density at radius 3 is 2.40 bits per heavy atom. The van der Waals surface area contributed by atoms with Crippen molar-refractivity contribution in [3.8, 4) is 0 Å². The van der Waals surface area contributed by atoms with Gasteiger partial charge in [-0.2, -0.15) is 0 Å². The molecule has 2 heterocycles. The summed E-state index contributed by atoms with van der Waals surface area (Å²) in [4.78, 5) is 2.25. The average Bonchev–Trinajstić information content (AvgIpc) is 2.51. The number of hydrogen-bond donors (Lipinski definition) is 2. The summed E-state index contributed by atoms with van der Waals surface area (Å²) in [6, 6.07) is 12.2. The predicted octanol–water partition coefficient (Wildman–Crippen LogP) is 1.94. The standard InChI is InChI=1S/C15H19N5/c1-12-2-4-13(5-3-12)17-14-6-7-15(19-18-14)20-10-8-16-9-11-20/h2-7,16H,8-11H2,1H3,(H,17,18). The summed E-state index contributed by atoms with van der Waals surface area (Å²) >= 11 is 0. The smallest absolute Gasteiger partial charge is 0.153 e. The third-order valence-corrected chi connectivity index (χ3v) is 3.42. The van der Waals surface area contributed by atoms with E-state index in [1.807, 2.05) is 24.3 Å². The van der Waals surface area contributed by atoms with Crippen molar-refractivity contribution < 1.29 is 0 Å². The minimum absolute atomic E-state index is 0.771. The van der Waals surface area contributed by atoms with Crippen molar-refractivity contribution >= 4 is 17.3 Å². The number of aryl methyl sites for hydroxylation is 1. The second-order valence-electron chi connectivity index (χ2n) is 5.00. The molecule has 1 aromatic heterocycles. The molecule has 0 radical (unpaired) electrons. The van der Waals surface area contributed by atoms with Crippen LogP contribution in [0.2, 0.25) is 0 Å². The highest BCUT2D eigenvalue weighted by Crippen LogP contribution is 2.17. The van der Waals surface area contributed by atoms with Crippen LogP contribution in [0, 0.1) is 6.92 Å². The first-order valence-corrected chi connectivity index (χ1v) is 6.94. The lowest BCUT2D eigenvalue weighted by atomic mass is 10.2. The lowest BCUT2D eigenvalue weighted by molar-refractivity contribution is 0.583. The topological polar surface area (TPSA) is 53.1 Å². The van der Waals surface area contributed by atoms with Gasteiger partial charge in [0.05, 0.1) is 0 Å². The molecule has 1 fully saturated rings. The van der Waals surface area contributed by atoms with Crippen molar-refractivity contribution in [1.82, 2.24) is 15.5 Å². The Morgan fingerprint density at radius 2 is 1.75 bits per heavy atom. The van der Waals surface area contributed by atoms with Gasteiger partial charge in [-0.3, -0.25) is 0 Å². The van der Waals surface area contributed by atoms with E-state index in [0.717, 1.165) is 43.5 Å². The molecule has 0 bridgehead atoms. The van der Waals surface area contributed by atoms with E-state index < -0.39 is 0 Å². The quantitative estimate of drug-likeness (QED) is 0.892. The zero-order valence-electron chi connectivity index (χ0n) is 11.6. The van der Waals surface area contributed by atoms with Crippen LogP contribution in [-0.4, -0.2) is 36.4 Å². The third-order valence-electron chi connectivity index (χ3n) is 3.42. The van der Waals surface area contributed by atoms with Crippen LogP contribution in [0.25, 0.3) is 0 Å². The van der Waals surface area contributed by atoms with Crippen molar-refractivity contribution in [2.24, 2.45) is 0 Å². The molecule has 5 heteroatoms. The molecule has 1 aliphatic rings. The molecule has 20 heavy (non-hydrogen) atoms. The molecule has 0 saturated carbocycles. The summed E-state index contributed by atoms with van der Waals surface area (Å²) in [5.41, 5.74) is 2.27. The van der Waals surface area contributed by atoms with Gasteiger partial charge >= 0.3 is 0 Å². The zero-order chi connectivity index (χ0) is 13.8. The average molecular weight is 269 g/mol. The van der Waals surface area contributed by atoms with E-state index in [9.17, 15) is 0 Å². The molecule has 3 rings (SSSR count). The summed E-state index contributed by atoms with van der Waals surface area (Å²) in [6.07, 6.45) is 0. The Bertz CT molecular complexity index is 543. The van der Waals surface area contributed by atoms with Crippen molar-refractivity contribution in [1.29, 1.82) is 0 Å². The molecule has 0 unspecified atom stereocenters. The summed E-state index contributed by atoms with van der Waals surface area (Å²) in [5, 5.41) is 15.1. The summed E-state index contributed by atoms with van der Waals surface area (Å²) in [7, 11) is 0. The summed E-state index contributed by atoms with van der Waals surface area (Å²) < 4.78 is 0. The van der Waals surface area contributed by atoms with Crippen molar-refractivity contribution in [3.05, 3.63) is 42.0 Å². The molecule has 1 aliphatic heterocycles. The van der Waals surface area contributed by atoms with Gasteiger partial charge in [0, 0.05) is 31.9 Å². The molecule has 2 aromatic rings. The lowest BCUT2D eigenvalue weighted by Gasteiger charge is -2.27. The predicted molar refractivity (Wildman–Crippen MR) is 81.6 cm³/mol. The van der Waals surface area contributed by atoms with Crippen LogP contribution in [-0.2, 0) is 0 Å². The van der Waals surface area contributed by atoms with Crippen LogP contribution in [0.15, 0.2) is 36.4 Å². The minimum Gasteiger partial charge on any atom is -0.353 e. The SMILES string of the molecule is Cc1ccc(Nc2ccc(N3CCNCC3)nn2)cc1. The summed E-state index contributed by atoms with van der Waals surface area (Å²) in [6.45, 7) is 6.06. The van der Waals surface area contributed by atoms with Crippen LogP contribution in [0.4, 0.5) is 17.3 Å². The second-order valence-corrected chi connectivity index (χ2v) is 5.00. The number of piperazine rings is 1. The van der Waals surface area contributed by atoms with E-state index in [-0.39, 0.29) is 0 Å². The first-order chi connectivity index (χ1) is 9.81. The van der Waals surface area contributed by atoms with Gasteiger partial charge in [-0.15, -0.1) is 10.2 Å². The van der Waals surface area contributed by atoms with Gasteiger partial charge in [0.25, 0.3) is 0 Å². The van der Waals surface area contributed by atoms with Crippen molar-refractivity contribution in [2.75, 3.05) is 36.4 Å². The molecule has 1 saturated heterocycles. The van der Waals surface area contributed by atoms with E-state index in [4.69, 9.17) is 0 Å². The zero-order valence-corrected chi connectivity index (χ0v) is 11.6. The first kappa shape index (κ1) is 12.9. The molecular weight excluding hydrogens is 250 g/mol. The largest absolute Gasteiger partial charge is 0.353 e. The Balaban J connectivity index is 1.67. The Labute approximate surface area is 119 Å². The highest BCUT2D eigenvalue weighted by atomic mass is 15.3. The molecule has 104 valence electrons. The number of nitrogens with one attached hydrogen (secondary N) is 2. The molecule has 5 nitrogen and oxygen atoms in total. The van der Waals surface area contributed by atoms with Crippen LogP contribution >= 0.6 is 0 Å². The van der Waals surface area contributed by atoms with Gasteiger partial charge in [0.2, 0.25) is 0 Å². The van der Waals surface area contributed by atoms with Crippen LogP contribution in [0.3, 0.4) is 0 Å². The van der Waals surface area contributed by atoms with Gasteiger partial charge in [-0.1, -0.05) is 17.7 Å². The Morgan fingerprint density at radius 1 is 1.00 bits per heavy atom.